The van der Waals surface area contributed by atoms with Crippen LogP contribution in [-0.4, -0.2) is 18.8 Å². The van der Waals surface area contributed by atoms with Crippen LogP contribution >= 0.6 is 0 Å². The number of aliphatic hydroxyl groups excluding tert-OH is 1. The monoisotopic (exact) mass is 224 g/mol. The van der Waals surface area contributed by atoms with Crippen LogP contribution in [0.2, 0.25) is 0 Å². The summed E-state index contributed by atoms with van der Waals surface area (Å²) in [6, 6.07) is 5.51. The summed E-state index contributed by atoms with van der Waals surface area (Å²) < 4.78 is 10.8. The normalized spacial score (nSPS) is 12.2. The van der Waals surface area contributed by atoms with Gasteiger partial charge in [0.05, 0.1) is 19.8 Å². The molecule has 0 aromatic heterocycles. The molecule has 90 valence electrons. The highest BCUT2D eigenvalue weighted by Gasteiger charge is 2.08. The van der Waals surface area contributed by atoms with Crippen LogP contribution in [0, 0.1) is 0 Å². The number of rotatable bonds is 6. The molecule has 0 spiro atoms. The van der Waals surface area contributed by atoms with Gasteiger partial charge in [0, 0.05) is 0 Å². The van der Waals surface area contributed by atoms with E-state index in [1.165, 1.54) is 0 Å². The molecular weight excluding hydrogens is 204 g/mol. The number of ether oxygens (including phenoxy) is 2. The first-order chi connectivity index (χ1) is 7.69. The minimum atomic E-state index is -0.487. The Balaban J connectivity index is 2.76. The first-order valence-corrected chi connectivity index (χ1v) is 5.67. The summed E-state index contributed by atoms with van der Waals surface area (Å²) in [6.45, 7) is 4.55. The van der Waals surface area contributed by atoms with Crippen molar-refractivity contribution in [2.24, 2.45) is 0 Å². The quantitative estimate of drug-likeness (QED) is 0.755. The van der Waals surface area contributed by atoms with Gasteiger partial charge in [-0.25, -0.2) is 0 Å². The molecule has 0 heterocycles. The molecule has 1 aromatic rings. The lowest BCUT2D eigenvalue weighted by molar-refractivity contribution is 0.198. The van der Waals surface area contributed by atoms with Crippen molar-refractivity contribution in [2.75, 3.05) is 13.7 Å². The molecule has 0 bridgehead atoms. The molecule has 0 saturated carbocycles. The standard InChI is InChI=1S/C13H20O3/c1-4-5-8-16-12-7-6-11(10(2)14)9-13(12)15-3/h6-7,9-10,14H,4-5,8H2,1-3H3. The van der Waals surface area contributed by atoms with Gasteiger partial charge in [0.25, 0.3) is 0 Å². The molecule has 1 rings (SSSR count). The molecule has 1 aromatic carbocycles. The van der Waals surface area contributed by atoms with Crippen LogP contribution in [0.1, 0.15) is 38.4 Å². The van der Waals surface area contributed by atoms with E-state index < -0.39 is 6.10 Å². The first-order valence-electron chi connectivity index (χ1n) is 5.67. The molecule has 0 aliphatic rings. The molecule has 0 radical (unpaired) electrons. The highest BCUT2D eigenvalue weighted by Crippen LogP contribution is 2.30. The Morgan fingerprint density at radius 3 is 2.62 bits per heavy atom. The Bertz CT molecular complexity index is 321. The minimum Gasteiger partial charge on any atom is -0.493 e. The van der Waals surface area contributed by atoms with Crippen LogP contribution < -0.4 is 9.47 Å². The average molecular weight is 224 g/mol. The van der Waals surface area contributed by atoms with Crippen LogP contribution in [0.25, 0.3) is 0 Å². The number of unbranched alkanes of at least 4 members (excludes halogenated alkanes) is 1. The van der Waals surface area contributed by atoms with E-state index in [1.54, 1.807) is 14.0 Å². The fourth-order valence-electron chi connectivity index (χ4n) is 1.39. The average Bonchev–Trinajstić information content (AvgIpc) is 2.29. The maximum absolute atomic E-state index is 9.45. The second-order valence-electron chi connectivity index (χ2n) is 3.79. The van der Waals surface area contributed by atoms with Crippen LogP contribution in [0.4, 0.5) is 0 Å². The highest BCUT2D eigenvalue weighted by atomic mass is 16.5. The number of hydrogen-bond donors (Lipinski definition) is 1. The van der Waals surface area contributed by atoms with Crippen molar-refractivity contribution in [2.45, 2.75) is 32.8 Å². The number of benzene rings is 1. The summed E-state index contributed by atoms with van der Waals surface area (Å²) in [6.07, 6.45) is 1.65. The molecule has 16 heavy (non-hydrogen) atoms. The Hall–Kier alpha value is -1.22. The lowest BCUT2D eigenvalue weighted by Crippen LogP contribution is -2.00. The summed E-state index contributed by atoms with van der Waals surface area (Å²) in [7, 11) is 1.60. The summed E-state index contributed by atoms with van der Waals surface area (Å²) in [5, 5.41) is 9.45. The van der Waals surface area contributed by atoms with Crippen molar-refractivity contribution >= 4 is 0 Å². The topological polar surface area (TPSA) is 38.7 Å². The van der Waals surface area contributed by atoms with E-state index in [1.807, 2.05) is 18.2 Å². The number of methoxy groups -OCH3 is 1. The highest BCUT2D eigenvalue weighted by molar-refractivity contribution is 5.43. The third-order valence-corrected chi connectivity index (χ3v) is 2.43. The lowest BCUT2D eigenvalue weighted by atomic mass is 10.1. The molecule has 1 N–H and O–H groups in total. The van der Waals surface area contributed by atoms with Crippen LogP contribution in [0.5, 0.6) is 11.5 Å². The molecular formula is C13H20O3. The van der Waals surface area contributed by atoms with Crippen molar-refractivity contribution in [1.82, 2.24) is 0 Å². The van der Waals surface area contributed by atoms with Crippen molar-refractivity contribution in [3.05, 3.63) is 23.8 Å². The van der Waals surface area contributed by atoms with Gasteiger partial charge in [-0.1, -0.05) is 19.4 Å². The zero-order valence-corrected chi connectivity index (χ0v) is 10.2. The molecule has 0 saturated heterocycles. The zero-order valence-electron chi connectivity index (χ0n) is 10.2. The fourth-order valence-corrected chi connectivity index (χ4v) is 1.39. The van der Waals surface area contributed by atoms with Gasteiger partial charge in [-0.05, 0) is 31.0 Å². The molecule has 0 amide bonds. The third-order valence-electron chi connectivity index (χ3n) is 2.43. The Kier molecular flexibility index (Phi) is 5.12. The van der Waals surface area contributed by atoms with Gasteiger partial charge < -0.3 is 14.6 Å². The molecule has 1 unspecified atom stereocenters. The van der Waals surface area contributed by atoms with Gasteiger partial charge in [-0.2, -0.15) is 0 Å². The number of aliphatic hydroxyl groups is 1. The second kappa shape index (κ2) is 6.38. The summed E-state index contributed by atoms with van der Waals surface area (Å²) in [5.74, 6) is 1.41. The molecule has 0 fully saturated rings. The minimum absolute atomic E-state index is 0.487. The van der Waals surface area contributed by atoms with E-state index in [0.29, 0.717) is 12.4 Å². The maximum atomic E-state index is 9.45. The van der Waals surface area contributed by atoms with Crippen LogP contribution in [0.3, 0.4) is 0 Å². The summed E-state index contributed by atoms with van der Waals surface area (Å²) in [4.78, 5) is 0. The van der Waals surface area contributed by atoms with E-state index in [-0.39, 0.29) is 0 Å². The van der Waals surface area contributed by atoms with Gasteiger partial charge in [0.1, 0.15) is 0 Å². The van der Waals surface area contributed by atoms with Gasteiger partial charge >= 0.3 is 0 Å². The summed E-state index contributed by atoms with van der Waals surface area (Å²) in [5.41, 5.74) is 0.833. The third kappa shape index (κ3) is 3.42. The summed E-state index contributed by atoms with van der Waals surface area (Å²) >= 11 is 0. The second-order valence-corrected chi connectivity index (χ2v) is 3.79. The SMILES string of the molecule is CCCCOc1ccc(C(C)O)cc1OC. The molecule has 1 atom stereocenters. The van der Waals surface area contributed by atoms with Crippen LogP contribution in [0.15, 0.2) is 18.2 Å². The van der Waals surface area contributed by atoms with E-state index in [2.05, 4.69) is 6.92 Å². The smallest absolute Gasteiger partial charge is 0.161 e. The Morgan fingerprint density at radius 2 is 2.06 bits per heavy atom. The zero-order chi connectivity index (χ0) is 12.0. The van der Waals surface area contributed by atoms with Crippen molar-refractivity contribution < 1.29 is 14.6 Å². The Morgan fingerprint density at radius 1 is 1.31 bits per heavy atom. The maximum Gasteiger partial charge on any atom is 0.161 e. The predicted molar refractivity (Wildman–Crippen MR) is 64.0 cm³/mol. The fraction of sp³-hybridized carbons (Fsp3) is 0.538. The molecule has 3 nitrogen and oxygen atoms in total. The first kappa shape index (κ1) is 12.8. The van der Waals surface area contributed by atoms with Crippen molar-refractivity contribution in [3.63, 3.8) is 0 Å². The predicted octanol–water partition coefficient (Wildman–Crippen LogP) is 2.93. The van der Waals surface area contributed by atoms with Gasteiger partial charge in [0.2, 0.25) is 0 Å². The van der Waals surface area contributed by atoms with E-state index in [9.17, 15) is 5.11 Å². The van der Waals surface area contributed by atoms with E-state index in [0.717, 1.165) is 24.2 Å². The van der Waals surface area contributed by atoms with E-state index >= 15 is 0 Å². The van der Waals surface area contributed by atoms with Crippen molar-refractivity contribution in [1.29, 1.82) is 0 Å². The van der Waals surface area contributed by atoms with Gasteiger partial charge in [-0.3, -0.25) is 0 Å². The lowest BCUT2D eigenvalue weighted by Gasteiger charge is -2.13. The largest absolute Gasteiger partial charge is 0.493 e. The van der Waals surface area contributed by atoms with Gasteiger partial charge in [0.15, 0.2) is 11.5 Å². The van der Waals surface area contributed by atoms with Crippen molar-refractivity contribution in [3.8, 4) is 11.5 Å². The number of hydrogen-bond acceptors (Lipinski definition) is 3. The van der Waals surface area contributed by atoms with Gasteiger partial charge in [-0.15, -0.1) is 0 Å². The van der Waals surface area contributed by atoms with E-state index in [4.69, 9.17) is 9.47 Å². The van der Waals surface area contributed by atoms with Crippen LogP contribution in [-0.2, 0) is 0 Å². The Labute approximate surface area is 97.0 Å². The molecule has 0 aliphatic heterocycles. The molecule has 3 heteroatoms. The molecule has 0 aliphatic carbocycles.